The average Bonchev–Trinajstić information content (AvgIpc) is 2.39. The number of ketones is 1. The van der Waals surface area contributed by atoms with E-state index in [0.29, 0.717) is 23.5 Å². The third-order valence-corrected chi connectivity index (χ3v) is 4.38. The summed E-state index contributed by atoms with van der Waals surface area (Å²) in [6.45, 7) is 10.3. The summed E-state index contributed by atoms with van der Waals surface area (Å²) in [6, 6.07) is 6.16. The summed E-state index contributed by atoms with van der Waals surface area (Å²) in [5, 5.41) is 0.544. The van der Waals surface area contributed by atoms with E-state index in [-0.39, 0.29) is 11.2 Å². The Morgan fingerprint density at radius 1 is 1.27 bits per heavy atom. The van der Waals surface area contributed by atoms with Crippen molar-refractivity contribution in [2.24, 2.45) is 5.41 Å². The van der Waals surface area contributed by atoms with Gasteiger partial charge in [0, 0.05) is 19.3 Å². The fourth-order valence-corrected chi connectivity index (χ4v) is 3.06. The normalized spacial score (nSPS) is 17.6. The summed E-state index contributed by atoms with van der Waals surface area (Å²) < 4.78 is 5.89. The van der Waals surface area contributed by atoms with Gasteiger partial charge in [-0.05, 0) is 42.6 Å². The average molecular weight is 316 g/mol. The Balaban J connectivity index is 2.57. The van der Waals surface area contributed by atoms with Gasteiger partial charge in [-0.3, -0.25) is 4.79 Å². The minimum atomic E-state index is -0.0854. The van der Waals surface area contributed by atoms with Crippen molar-refractivity contribution in [1.82, 2.24) is 0 Å². The summed E-state index contributed by atoms with van der Waals surface area (Å²) in [4.78, 5) is 12.7. The van der Waals surface area contributed by atoms with Crippen molar-refractivity contribution in [2.45, 2.75) is 53.9 Å². The maximum absolute atomic E-state index is 12.7. The first-order valence-electron chi connectivity index (χ1n) is 7.78. The quantitative estimate of drug-likeness (QED) is 0.721. The fraction of sp³-hybridized carbons (Fsp3) is 0.474. The molecule has 0 saturated carbocycles. The molecule has 0 atom stereocenters. The number of aryl methyl sites for hydroxylation is 2. The van der Waals surface area contributed by atoms with Crippen LogP contribution >= 0.6 is 12.2 Å². The van der Waals surface area contributed by atoms with Crippen LogP contribution in [0.4, 0.5) is 0 Å². The first-order valence-corrected chi connectivity index (χ1v) is 8.19. The Kier molecular flexibility index (Phi) is 4.86. The summed E-state index contributed by atoms with van der Waals surface area (Å²) in [7, 11) is 0. The molecule has 1 aromatic carbocycles. The highest BCUT2D eigenvalue weighted by Crippen LogP contribution is 2.41. The Morgan fingerprint density at radius 3 is 2.55 bits per heavy atom. The number of ether oxygens (including phenoxy) is 1. The molecule has 2 rings (SSSR count). The van der Waals surface area contributed by atoms with Gasteiger partial charge in [0.1, 0.15) is 5.76 Å². The Bertz CT molecular complexity index is 653. The lowest BCUT2D eigenvalue weighted by Crippen LogP contribution is -2.27. The van der Waals surface area contributed by atoms with E-state index in [1.807, 2.05) is 26.0 Å². The maximum Gasteiger partial charge on any atom is 0.167 e. The van der Waals surface area contributed by atoms with Gasteiger partial charge in [-0.15, -0.1) is 0 Å². The van der Waals surface area contributed by atoms with E-state index in [1.165, 1.54) is 5.56 Å². The molecular formula is C19H24O2S. The second-order valence-electron chi connectivity index (χ2n) is 6.89. The van der Waals surface area contributed by atoms with E-state index in [4.69, 9.17) is 17.0 Å². The lowest BCUT2D eigenvalue weighted by Gasteiger charge is -2.32. The first-order chi connectivity index (χ1) is 10.2. The molecule has 0 fully saturated rings. The highest BCUT2D eigenvalue weighted by molar-refractivity contribution is 7.80. The van der Waals surface area contributed by atoms with E-state index in [1.54, 1.807) is 0 Å². The SMILES string of the molecule is CCC(=S)OC1=C(c2ccc(C)cc2C)C(=O)CC(C)(C)C1. The van der Waals surface area contributed by atoms with Crippen LogP contribution in [0.25, 0.3) is 5.57 Å². The Labute approximate surface area is 138 Å². The monoisotopic (exact) mass is 316 g/mol. The molecule has 3 heteroatoms. The molecule has 0 radical (unpaired) electrons. The summed E-state index contributed by atoms with van der Waals surface area (Å²) in [5.74, 6) is 0.886. The lowest BCUT2D eigenvalue weighted by atomic mass is 9.74. The van der Waals surface area contributed by atoms with Gasteiger partial charge in [-0.25, -0.2) is 0 Å². The number of thiocarbonyl (C=S) groups is 1. The molecule has 1 aromatic rings. The van der Waals surface area contributed by atoms with Crippen LogP contribution in [-0.2, 0) is 9.53 Å². The number of hydrogen-bond acceptors (Lipinski definition) is 3. The maximum atomic E-state index is 12.7. The Morgan fingerprint density at radius 2 is 1.95 bits per heavy atom. The number of Topliss-reactive ketones (excluding diaryl/α,β-unsaturated/α-hetero) is 1. The number of carbonyl (C=O) groups is 1. The molecule has 1 aliphatic carbocycles. The molecule has 118 valence electrons. The highest BCUT2D eigenvalue weighted by atomic mass is 32.1. The summed E-state index contributed by atoms with van der Waals surface area (Å²) >= 11 is 5.24. The zero-order valence-corrected chi connectivity index (χ0v) is 14.9. The molecule has 0 aromatic heterocycles. The predicted octanol–water partition coefficient (Wildman–Crippen LogP) is 5.16. The smallest absolute Gasteiger partial charge is 0.167 e. The molecule has 0 N–H and O–H groups in total. The topological polar surface area (TPSA) is 26.3 Å². The minimum Gasteiger partial charge on any atom is -0.454 e. The van der Waals surface area contributed by atoms with Crippen molar-refractivity contribution in [3.8, 4) is 0 Å². The zero-order valence-electron chi connectivity index (χ0n) is 14.1. The van der Waals surface area contributed by atoms with Crippen LogP contribution < -0.4 is 0 Å². The van der Waals surface area contributed by atoms with E-state index in [9.17, 15) is 4.79 Å². The number of carbonyl (C=O) groups excluding carboxylic acids is 1. The van der Waals surface area contributed by atoms with Gasteiger partial charge in [-0.2, -0.15) is 0 Å². The van der Waals surface area contributed by atoms with Crippen molar-refractivity contribution in [3.05, 3.63) is 40.6 Å². The van der Waals surface area contributed by atoms with Crippen LogP contribution in [0.1, 0.15) is 56.7 Å². The van der Waals surface area contributed by atoms with Crippen molar-refractivity contribution in [2.75, 3.05) is 0 Å². The lowest BCUT2D eigenvalue weighted by molar-refractivity contribution is -0.116. The van der Waals surface area contributed by atoms with Crippen molar-refractivity contribution < 1.29 is 9.53 Å². The summed E-state index contributed by atoms with van der Waals surface area (Å²) in [5.41, 5.74) is 3.90. The van der Waals surface area contributed by atoms with Crippen molar-refractivity contribution >= 4 is 28.6 Å². The molecule has 0 spiro atoms. The molecule has 0 saturated heterocycles. The van der Waals surface area contributed by atoms with Gasteiger partial charge in [0.2, 0.25) is 0 Å². The van der Waals surface area contributed by atoms with Crippen molar-refractivity contribution in [1.29, 1.82) is 0 Å². The van der Waals surface area contributed by atoms with E-state index in [2.05, 4.69) is 26.8 Å². The van der Waals surface area contributed by atoms with Gasteiger partial charge in [0.25, 0.3) is 0 Å². The number of allylic oxidation sites excluding steroid dienone is 2. The standard InChI is InChI=1S/C19H24O2S/c1-6-17(22)21-16-11-19(4,5)10-15(20)18(16)14-8-7-12(2)9-13(14)3/h7-9H,6,10-11H2,1-5H3. The third-order valence-electron chi connectivity index (χ3n) is 4.01. The number of hydrogen-bond donors (Lipinski definition) is 0. The second-order valence-corrected chi connectivity index (χ2v) is 7.34. The highest BCUT2D eigenvalue weighted by Gasteiger charge is 2.35. The molecule has 0 heterocycles. The number of rotatable bonds is 3. The third kappa shape index (κ3) is 3.64. The van der Waals surface area contributed by atoms with Crippen LogP contribution in [0, 0.1) is 19.3 Å². The number of benzene rings is 1. The van der Waals surface area contributed by atoms with E-state index in [0.717, 1.165) is 23.3 Å². The molecule has 22 heavy (non-hydrogen) atoms. The zero-order chi connectivity index (χ0) is 16.5. The van der Waals surface area contributed by atoms with Gasteiger partial charge < -0.3 is 4.74 Å². The van der Waals surface area contributed by atoms with Crippen LogP contribution in [0.15, 0.2) is 24.0 Å². The van der Waals surface area contributed by atoms with Crippen LogP contribution in [0.2, 0.25) is 0 Å². The molecule has 1 aliphatic rings. The molecule has 0 bridgehead atoms. The Hall–Kier alpha value is -1.48. The molecule has 2 nitrogen and oxygen atoms in total. The molecule has 0 amide bonds. The molecule has 0 aliphatic heterocycles. The van der Waals surface area contributed by atoms with E-state index < -0.39 is 0 Å². The largest absolute Gasteiger partial charge is 0.454 e. The van der Waals surface area contributed by atoms with Gasteiger partial charge in [0.15, 0.2) is 10.8 Å². The van der Waals surface area contributed by atoms with Crippen LogP contribution in [0.5, 0.6) is 0 Å². The molecular weight excluding hydrogens is 292 g/mol. The van der Waals surface area contributed by atoms with Crippen molar-refractivity contribution in [3.63, 3.8) is 0 Å². The van der Waals surface area contributed by atoms with Gasteiger partial charge in [0.05, 0.1) is 5.57 Å². The van der Waals surface area contributed by atoms with Crippen LogP contribution in [0.3, 0.4) is 0 Å². The fourth-order valence-electron chi connectivity index (χ4n) is 2.96. The van der Waals surface area contributed by atoms with Gasteiger partial charge >= 0.3 is 0 Å². The predicted molar refractivity (Wildman–Crippen MR) is 94.8 cm³/mol. The summed E-state index contributed by atoms with van der Waals surface area (Å²) in [6.07, 6.45) is 1.95. The van der Waals surface area contributed by atoms with Gasteiger partial charge in [-0.1, -0.05) is 44.5 Å². The van der Waals surface area contributed by atoms with E-state index >= 15 is 0 Å². The first kappa shape index (κ1) is 16.9. The van der Waals surface area contributed by atoms with Crippen LogP contribution in [-0.4, -0.2) is 10.8 Å². The second kappa shape index (κ2) is 6.33. The molecule has 0 unspecified atom stereocenters. The minimum absolute atomic E-state index is 0.0854.